The van der Waals surface area contributed by atoms with E-state index in [0.717, 1.165) is 0 Å². The minimum absolute atomic E-state index is 0.195. The Morgan fingerprint density at radius 3 is 2.03 bits per heavy atom. The molecular weight excluding hydrogens is 350 g/mol. The van der Waals surface area contributed by atoms with Crippen LogP contribution in [0.25, 0.3) is 6.08 Å². The molecule has 0 aromatic heterocycles. The van der Waals surface area contributed by atoms with Crippen LogP contribution in [-0.2, 0) is 5.54 Å². The first kappa shape index (κ1) is 19.5. The van der Waals surface area contributed by atoms with Crippen molar-refractivity contribution >= 4 is 11.8 Å². The van der Waals surface area contributed by atoms with Gasteiger partial charge in [0.05, 0.1) is 5.54 Å². The topological polar surface area (TPSA) is 12.0 Å². The van der Waals surface area contributed by atoms with Crippen LogP contribution >= 0.6 is 0 Å². The zero-order valence-corrected chi connectivity index (χ0v) is 18.4. The third-order valence-corrected chi connectivity index (χ3v) is 6.21. The molecule has 148 valence electrons. The molecule has 29 heavy (non-hydrogen) atoms. The van der Waals surface area contributed by atoms with E-state index in [1.54, 1.807) is 0 Å². The third-order valence-electron chi connectivity index (χ3n) is 6.21. The summed E-state index contributed by atoms with van der Waals surface area (Å²) in [5.41, 5.74) is 11.9. The molecule has 1 N–H and O–H groups in total. The highest BCUT2D eigenvalue weighted by Crippen LogP contribution is 2.44. The van der Waals surface area contributed by atoms with Crippen molar-refractivity contribution < 1.29 is 0 Å². The van der Waals surface area contributed by atoms with Crippen LogP contribution in [0.2, 0.25) is 0 Å². The van der Waals surface area contributed by atoms with E-state index in [1.807, 2.05) is 0 Å². The Hall–Kier alpha value is -2.80. The van der Waals surface area contributed by atoms with Crippen LogP contribution in [0.1, 0.15) is 65.6 Å². The Bertz CT molecular complexity index is 1080. The van der Waals surface area contributed by atoms with Gasteiger partial charge in [0, 0.05) is 11.6 Å². The van der Waals surface area contributed by atoms with Gasteiger partial charge in [0.1, 0.15) is 0 Å². The molecule has 1 aliphatic rings. The van der Waals surface area contributed by atoms with E-state index in [9.17, 15) is 0 Å². The van der Waals surface area contributed by atoms with Gasteiger partial charge in [0.25, 0.3) is 0 Å². The van der Waals surface area contributed by atoms with Crippen LogP contribution in [0.4, 0.5) is 5.69 Å². The summed E-state index contributed by atoms with van der Waals surface area (Å²) >= 11 is 0. The molecule has 3 aromatic carbocycles. The lowest BCUT2D eigenvalue weighted by Crippen LogP contribution is -2.30. The van der Waals surface area contributed by atoms with Gasteiger partial charge in [-0.3, -0.25) is 0 Å². The number of aryl methyl sites for hydroxylation is 3. The van der Waals surface area contributed by atoms with Crippen LogP contribution in [0.3, 0.4) is 0 Å². The smallest absolute Gasteiger partial charge is 0.0572 e. The zero-order chi connectivity index (χ0) is 20.8. The number of allylic oxidation sites excluding steroid dienone is 1. The number of anilines is 1. The number of fused-ring (bicyclic) bond motifs is 1. The van der Waals surface area contributed by atoms with Crippen LogP contribution in [0.5, 0.6) is 0 Å². The molecule has 0 aliphatic heterocycles. The maximum absolute atomic E-state index is 3.88. The lowest BCUT2D eigenvalue weighted by Gasteiger charge is -2.34. The third kappa shape index (κ3) is 3.51. The largest absolute Gasteiger partial charge is 0.376 e. The average molecular weight is 382 g/mol. The molecule has 0 fully saturated rings. The molecule has 0 saturated heterocycles. The fraction of sp³-hybridized carbons (Fsp3) is 0.286. The monoisotopic (exact) mass is 381 g/mol. The Labute approximate surface area is 175 Å². The second-order valence-electron chi connectivity index (χ2n) is 9.06. The molecule has 3 aromatic rings. The minimum Gasteiger partial charge on any atom is -0.376 e. The van der Waals surface area contributed by atoms with E-state index in [1.165, 1.54) is 50.2 Å². The van der Waals surface area contributed by atoms with Gasteiger partial charge in [-0.2, -0.15) is 0 Å². The van der Waals surface area contributed by atoms with E-state index < -0.39 is 0 Å². The Balaban J connectivity index is 1.79. The predicted octanol–water partition coefficient (Wildman–Crippen LogP) is 7.51. The molecule has 1 heteroatoms. The van der Waals surface area contributed by atoms with Gasteiger partial charge in [0.2, 0.25) is 0 Å². The van der Waals surface area contributed by atoms with Gasteiger partial charge < -0.3 is 5.32 Å². The SMILES string of the molecule is CC1=Cc2ccccc2C1c1ccccc1C(C)(C)Nc1c(C)cc(C)cc1C. The van der Waals surface area contributed by atoms with Gasteiger partial charge in [-0.05, 0) is 74.9 Å². The maximum Gasteiger partial charge on any atom is 0.0572 e. The van der Waals surface area contributed by atoms with Crippen LogP contribution in [-0.4, -0.2) is 0 Å². The average Bonchev–Trinajstić information content (AvgIpc) is 3.00. The summed E-state index contributed by atoms with van der Waals surface area (Å²) in [6.07, 6.45) is 2.34. The van der Waals surface area contributed by atoms with Gasteiger partial charge in [-0.1, -0.05) is 77.9 Å². The van der Waals surface area contributed by atoms with E-state index in [-0.39, 0.29) is 5.54 Å². The summed E-state index contributed by atoms with van der Waals surface area (Å²) < 4.78 is 0. The summed E-state index contributed by atoms with van der Waals surface area (Å²) in [7, 11) is 0. The van der Waals surface area contributed by atoms with Crippen molar-refractivity contribution in [3.8, 4) is 0 Å². The predicted molar refractivity (Wildman–Crippen MR) is 126 cm³/mol. The molecule has 1 nitrogen and oxygen atoms in total. The molecule has 0 saturated carbocycles. The van der Waals surface area contributed by atoms with E-state index in [0.29, 0.717) is 5.92 Å². The minimum atomic E-state index is -0.195. The summed E-state index contributed by atoms with van der Waals surface area (Å²) in [6.45, 7) is 13.4. The molecule has 0 bridgehead atoms. The lowest BCUT2D eigenvalue weighted by molar-refractivity contribution is 0.598. The highest BCUT2D eigenvalue weighted by atomic mass is 15.0. The first-order valence-electron chi connectivity index (χ1n) is 10.5. The molecule has 0 heterocycles. The molecule has 0 spiro atoms. The fourth-order valence-electron chi connectivity index (χ4n) is 4.97. The number of nitrogens with one attached hydrogen (secondary N) is 1. The van der Waals surface area contributed by atoms with Crippen molar-refractivity contribution in [2.24, 2.45) is 0 Å². The number of benzene rings is 3. The van der Waals surface area contributed by atoms with Crippen molar-refractivity contribution in [3.63, 3.8) is 0 Å². The standard InChI is InChI=1S/C28H31N/c1-18-15-20(3)27(21(4)16-18)29-28(5,6)25-14-10-9-13-24(25)26-19(2)17-22-11-7-8-12-23(22)26/h7-17,26,29H,1-6H3. The highest BCUT2D eigenvalue weighted by molar-refractivity contribution is 5.70. The zero-order valence-electron chi connectivity index (χ0n) is 18.4. The molecule has 0 amide bonds. The van der Waals surface area contributed by atoms with E-state index >= 15 is 0 Å². The van der Waals surface area contributed by atoms with E-state index in [4.69, 9.17) is 0 Å². The molecule has 1 atom stereocenters. The summed E-state index contributed by atoms with van der Waals surface area (Å²) in [5, 5.41) is 3.88. The summed E-state index contributed by atoms with van der Waals surface area (Å²) in [5.74, 6) is 0.323. The Morgan fingerprint density at radius 1 is 0.759 bits per heavy atom. The van der Waals surface area contributed by atoms with Crippen LogP contribution < -0.4 is 5.32 Å². The number of rotatable bonds is 4. The molecule has 4 rings (SSSR count). The molecular formula is C28H31N. The van der Waals surface area contributed by atoms with Gasteiger partial charge >= 0.3 is 0 Å². The van der Waals surface area contributed by atoms with Crippen molar-refractivity contribution in [3.05, 3.63) is 105 Å². The van der Waals surface area contributed by atoms with Gasteiger partial charge in [0.15, 0.2) is 0 Å². The summed E-state index contributed by atoms with van der Waals surface area (Å²) in [4.78, 5) is 0. The molecule has 1 unspecified atom stereocenters. The number of hydrogen-bond acceptors (Lipinski definition) is 1. The molecule has 0 radical (unpaired) electrons. The van der Waals surface area contributed by atoms with Crippen molar-refractivity contribution in [2.45, 2.75) is 53.0 Å². The fourth-order valence-corrected chi connectivity index (χ4v) is 4.97. The van der Waals surface area contributed by atoms with Crippen molar-refractivity contribution in [1.82, 2.24) is 0 Å². The quantitative estimate of drug-likeness (QED) is 0.493. The van der Waals surface area contributed by atoms with Gasteiger partial charge in [-0.15, -0.1) is 0 Å². The van der Waals surface area contributed by atoms with Crippen molar-refractivity contribution in [1.29, 1.82) is 0 Å². The Morgan fingerprint density at radius 2 is 1.34 bits per heavy atom. The lowest BCUT2D eigenvalue weighted by atomic mass is 9.80. The van der Waals surface area contributed by atoms with Crippen LogP contribution in [0, 0.1) is 20.8 Å². The first-order valence-corrected chi connectivity index (χ1v) is 10.5. The first-order chi connectivity index (χ1) is 13.8. The Kier molecular flexibility index (Phi) is 4.86. The van der Waals surface area contributed by atoms with Crippen molar-refractivity contribution in [2.75, 3.05) is 5.32 Å². The van der Waals surface area contributed by atoms with Gasteiger partial charge in [-0.25, -0.2) is 0 Å². The highest BCUT2D eigenvalue weighted by Gasteiger charge is 2.31. The van der Waals surface area contributed by atoms with Crippen LogP contribution in [0.15, 0.2) is 66.2 Å². The van der Waals surface area contributed by atoms with E-state index in [2.05, 4.69) is 114 Å². The normalized spacial score (nSPS) is 15.8. The number of hydrogen-bond donors (Lipinski definition) is 1. The molecule has 1 aliphatic carbocycles. The second kappa shape index (κ2) is 7.22. The summed E-state index contributed by atoms with van der Waals surface area (Å²) in [6, 6.07) is 22.2. The maximum atomic E-state index is 3.88. The second-order valence-corrected chi connectivity index (χ2v) is 9.06.